The van der Waals surface area contributed by atoms with Gasteiger partial charge in [0.05, 0.1) is 29.9 Å². The van der Waals surface area contributed by atoms with Crippen LogP contribution < -0.4 is 0 Å². The Labute approximate surface area is 165 Å². The van der Waals surface area contributed by atoms with E-state index in [1.54, 1.807) is 12.4 Å². The molecule has 2 atom stereocenters. The highest BCUT2D eigenvalue weighted by Gasteiger charge is 2.42. The molecule has 3 aliphatic rings. The van der Waals surface area contributed by atoms with Gasteiger partial charge in [-0.1, -0.05) is 13.0 Å². The fourth-order valence-electron chi connectivity index (χ4n) is 4.34. The van der Waals surface area contributed by atoms with Crippen LogP contribution >= 0.6 is 0 Å². The molecule has 7 heteroatoms. The molecule has 3 fully saturated rings. The van der Waals surface area contributed by atoms with Crippen LogP contribution in [0.5, 0.6) is 0 Å². The third kappa shape index (κ3) is 3.41. The summed E-state index contributed by atoms with van der Waals surface area (Å²) in [6.07, 6.45) is 6.18. The molecule has 2 amide bonds. The minimum atomic E-state index is -0.127. The van der Waals surface area contributed by atoms with Crippen LogP contribution in [0.25, 0.3) is 0 Å². The second-order valence-corrected chi connectivity index (χ2v) is 7.79. The number of pyridine rings is 1. The van der Waals surface area contributed by atoms with Gasteiger partial charge in [-0.15, -0.1) is 0 Å². The summed E-state index contributed by atoms with van der Waals surface area (Å²) in [4.78, 5) is 34.4. The first-order valence-corrected chi connectivity index (χ1v) is 10.1. The van der Waals surface area contributed by atoms with Gasteiger partial charge in [0, 0.05) is 37.6 Å². The molecule has 0 spiro atoms. The molecule has 0 N–H and O–H groups in total. The zero-order chi connectivity index (χ0) is 19.7. The van der Waals surface area contributed by atoms with E-state index < -0.39 is 0 Å². The number of carbonyl (C=O) groups is 2. The highest BCUT2D eigenvalue weighted by molar-refractivity contribution is 5.95. The average Bonchev–Trinajstić information content (AvgIpc) is 2.88. The number of carbonyl (C=O) groups excluding carboxylic acids is 2. The second-order valence-electron chi connectivity index (χ2n) is 7.79. The molecule has 28 heavy (non-hydrogen) atoms. The number of hydrogen-bond donors (Lipinski definition) is 0. The van der Waals surface area contributed by atoms with E-state index in [2.05, 4.69) is 17.0 Å². The lowest BCUT2D eigenvalue weighted by Gasteiger charge is -2.35. The van der Waals surface area contributed by atoms with Gasteiger partial charge in [0.15, 0.2) is 0 Å². The first-order chi connectivity index (χ1) is 13.6. The minimum absolute atomic E-state index is 0.00996. The Bertz CT molecular complexity index is 863. The molecule has 5 heterocycles. The SMILES string of the molecule is CCCn1ncc(C(=O)N2C[C@H]3CC[C@@H](C2)N(Cc2ccccn2)C3=O)c1C. The third-order valence-electron chi connectivity index (χ3n) is 5.91. The van der Waals surface area contributed by atoms with Crippen molar-refractivity contribution in [3.05, 3.63) is 47.5 Å². The Morgan fingerprint density at radius 1 is 1.25 bits per heavy atom. The van der Waals surface area contributed by atoms with Crippen molar-refractivity contribution in [1.82, 2.24) is 24.6 Å². The fourth-order valence-corrected chi connectivity index (χ4v) is 4.34. The van der Waals surface area contributed by atoms with Crippen molar-refractivity contribution in [2.45, 2.75) is 52.2 Å². The summed E-state index contributed by atoms with van der Waals surface area (Å²) in [6.45, 7) is 6.42. The van der Waals surface area contributed by atoms with Gasteiger partial charge in [0.1, 0.15) is 0 Å². The van der Waals surface area contributed by atoms with Crippen LogP contribution in [0.15, 0.2) is 30.6 Å². The Morgan fingerprint density at radius 3 is 2.86 bits per heavy atom. The number of piperidine rings is 1. The number of hydrogen-bond acceptors (Lipinski definition) is 4. The van der Waals surface area contributed by atoms with Crippen LogP contribution in [0.1, 0.15) is 47.9 Å². The van der Waals surface area contributed by atoms with Crippen molar-refractivity contribution in [2.75, 3.05) is 13.1 Å². The van der Waals surface area contributed by atoms with Gasteiger partial charge >= 0.3 is 0 Å². The normalized spacial score (nSPS) is 21.9. The van der Waals surface area contributed by atoms with Crippen molar-refractivity contribution in [2.24, 2.45) is 5.92 Å². The maximum atomic E-state index is 13.2. The maximum absolute atomic E-state index is 13.2. The minimum Gasteiger partial charge on any atom is -0.336 e. The molecule has 0 saturated carbocycles. The molecule has 0 aromatic carbocycles. The van der Waals surface area contributed by atoms with E-state index in [-0.39, 0.29) is 23.8 Å². The molecule has 148 valence electrons. The number of rotatable bonds is 5. The van der Waals surface area contributed by atoms with E-state index in [4.69, 9.17) is 0 Å². The summed E-state index contributed by atoms with van der Waals surface area (Å²) in [5.41, 5.74) is 2.44. The number of aromatic nitrogens is 3. The van der Waals surface area contributed by atoms with Crippen molar-refractivity contribution < 1.29 is 9.59 Å². The molecule has 2 aromatic heterocycles. The van der Waals surface area contributed by atoms with Crippen LogP contribution in [0.3, 0.4) is 0 Å². The monoisotopic (exact) mass is 381 g/mol. The van der Waals surface area contributed by atoms with Crippen molar-refractivity contribution in [3.8, 4) is 0 Å². The zero-order valence-electron chi connectivity index (χ0n) is 16.5. The molecule has 3 saturated heterocycles. The van der Waals surface area contributed by atoms with E-state index in [1.165, 1.54) is 0 Å². The highest BCUT2D eigenvalue weighted by atomic mass is 16.2. The van der Waals surface area contributed by atoms with Gasteiger partial charge in [-0.25, -0.2) is 0 Å². The Balaban J connectivity index is 1.54. The zero-order valence-corrected chi connectivity index (χ0v) is 16.5. The van der Waals surface area contributed by atoms with Gasteiger partial charge in [0.2, 0.25) is 5.91 Å². The van der Waals surface area contributed by atoms with Crippen LogP contribution in [0.4, 0.5) is 0 Å². The van der Waals surface area contributed by atoms with E-state index in [0.29, 0.717) is 25.2 Å². The molecular weight excluding hydrogens is 354 g/mol. The predicted molar refractivity (Wildman–Crippen MR) is 104 cm³/mol. The Morgan fingerprint density at radius 2 is 2.11 bits per heavy atom. The van der Waals surface area contributed by atoms with Gasteiger partial charge in [0.25, 0.3) is 5.91 Å². The summed E-state index contributed by atoms with van der Waals surface area (Å²) in [5, 5.41) is 4.37. The first-order valence-electron chi connectivity index (χ1n) is 10.1. The van der Waals surface area contributed by atoms with Crippen LogP contribution in [0, 0.1) is 12.8 Å². The van der Waals surface area contributed by atoms with Crippen molar-refractivity contribution in [3.63, 3.8) is 0 Å². The fraction of sp³-hybridized carbons (Fsp3) is 0.524. The van der Waals surface area contributed by atoms with Gasteiger partial charge in [-0.2, -0.15) is 5.10 Å². The molecular formula is C21H27N5O2. The standard InChI is InChI=1S/C21H27N5O2/c1-3-10-26-15(2)19(11-23-26)21(28)24-12-16-7-8-18(14-24)25(20(16)27)13-17-6-4-5-9-22-17/h4-6,9,11,16,18H,3,7-8,10,12-14H2,1-2H3/t16-,18+/m1/s1. The molecule has 5 rings (SSSR count). The number of aryl methyl sites for hydroxylation is 1. The van der Waals surface area contributed by atoms with Gasteiger partial charge in [-0.3, -0.25) is 19.3 Å². The van der Waals surface area contributed by atoms with E-state index >= 15 is 0 Å². The summed E-state index contributed by atoms with van der Waals surface area (Å²) in [5.74, 6) is 0.0113. The second kappa shape index (κ2) is 7.73. The highest BCUT2D eigenvalue weighted by Crippen LogP contribution is 2.31. The quantitative estimate of drug-likeness (QED) is 0.796. The number of amides is 2. The summed E-state index contributed by atoms with van der Waals surface area (Å²) >= 11 is 0. The molecule has 0 unspecified atom stereocenters. The van der Waals surface area contributed by atoms with Gasteiger partial charge < -0.3 is 9.80 Å². The predicted octanol–water partition coefficient (Wildman–Crippen LogP) is 2.26. The Hall–Kier alpha value is -2.70. The van der Waals surface area contributed by atoms with Crippen LogP contribution in [-0.4, -0.2) is 55.5 Å². The third-order valence-corrected chi connectivity index (χ3v) is 5.91. The summed E-state index contributed by atoms with van der Waals surface area (Å²) in [7, 11) is 0. The van der Waals surface area contributed by atoms with Crippen molar-refractivity contribution >= 4 is 11.8 Å². The molecule has 2 bridgehead atoms. The average molecular weight is 381 g/mol. The number of fused-ring (bicyclic) bond motifs is 4. The molecule has 2 aromatic rings. The molecule has 0 aliphatic carbocycles. The number of nitrogens with zero attached hydrogens (tertiary/aromatic N) is 5. The molecule has 0 radical (unpaired) electrons. The lowest BCUT2D eigenvalue weighted by molar-refractivity contribution is -0.140. The topological polar surface area (TPSA) is 71.3 Å². The Kier molecular flexibility index (Phi) is 5.15. The summed E-state index contributed by atoms with van der Waals surface area (Å²) in [6, 6.07) is 5.81. The first kappa shape index (κ1) is 18.7. The van der Waals surface area contributed by atoms with Crippen LogP contribution in [-0.2, 0) is 17.9 Å². The smallest absolute Gasteiger partial charge is 0.257 e. The van der Waals surface area contributed by atoms with Crippen LogP contribution in [0.2, 0.25) is 0 Å². The lowest BCUT2D eigenvalue weighted by atomic mass is 9.94. The van der Waals surface area contributed by atoms with Gasteiger partial charge in [-0.05, 0) is 38.3 Å². The van der Waals surface area contributed by atoms with E-state index in [1.807, 2.05) is 39.6 Å². The lowest BCUT2D eigenvalue weighted by Crippen LogP contribution is -2.47. The largest absolute Gasteiger partial charge is 0.336 e. The molecule has 3 aliphatic heterocycles. The molecule has 7 nitrogen and oxygen atoms in total. The summed E-state index contributed by atoms with van der Waals surface area (Å²) < 4.78 is 1.89. The van der Waals surface area contributed by atoms with E-state index in [9.17, 15) is 9.59 Å². The van der Waals surface area contributed by atoms with Crippen molar-refractivity contribution in [1.29, 1.82) is 0 Å². The maximum Gasteiger partial charge on any atom is 0.257 e. The van der Waals surface area contributed by atoms with E-state index in [0.717, 1.165) is 37.2 Å².